The number of rotatable bonds is 0. The molecule has 1 fully saturated rings. The van der Waals surface area contributed by atoms with Gasteiger partial charge in [-0.1, -0.05) is 34.1 Å². The first-order valence-electron chi connectivity index (χ1n) is 5.41. The summed E-state index contributed by atoms with van der Waals surface area (Å²) >= 11 is 0. The molecule has 1 aliphatic rings. The Labute approximate surface area is 83.6 Å². The normalized spacial score (nSPS) is 22.2. The average Bonchev–Trinajstić information content (AvgIpc) is 2.56. The third kappa shape index (κ3) is 9.25. The number of nitrogens with two attached hydrogens (primary N) is 1. The smallest absolute Gasteiger partial charge is 0.0267 e. The van der Waals surface area contributed by atoms with Crippen molar-refractivity contribution >= 4 is 0 Å². The lowest BCUT2D eigenvalue weighted by molar-refractivity contribution is 0.680. The van der Waals surface area contributed by atoms with Crippen LogP contribution in [0, 0.1) is 0 Å². The van der Waals surface area contributed by atoms with Gasteiger partial charge in [0, 0.05) is 17.9 Å². The standard InChI is InChI=1S/C6H12N2.C3H8.C2H6/c1-5-2-3-6(4-7)8-5;1-3-2;1-2/h4-5,8H,2-3,7H2,1H3;3H2,1-2H3;1-2H3/b6-4-;;. The molecule has 0 saturated carbocycles. The summed E-state index contributed by atoms with van der Waals surface area (Å²) in [6.07, 6.45) is 5.25. The van der Waals surface area contributed by atoms with Crippen LogP contribution in [0.5, 0.6) is 0 Å². The number of hydrogen-bond acceptors (Lipinski definition) is 2. The summed E-state index contributed by atoms with van der Waals surface area (Å²) in [4.78, 5) is 0. The maximum atomic E-state index is 5.27. The molecule has 1 heterocycles. The lowest BCUT2D eigenvalue weighted by atomic mass is 10.2. The predicted molar refractivity (Wildman–Crippen MR) is 61.4 cm³/mol. The lowest BCUT2D eigenvalue weighted by Gasteiger charge is -2.00. The highest BCUT2D eigenvalue weighted by molar-refractivity contribution is 5.03. The molecule has 80 valence electrons. The fourth-order valence-corrected chi connectivity index (χ4v) is 0.964. The van der Waals surface area contributed by atoms with Crippen LogP contribution >= 0.6 is 0 Å². The zero-order chi connectivity index (χ0) is 10.7. The molecular formula is C11H26N2. The maximum Gasteiger partial charge on any atom is 0.0267 e. The Hall–Kier alpha value is -0.660. The minimum atomic E-state index is 0.629. The molecule has 13 heavy (non-hydrogen) atoms. The predicted octanol–water partition coefficient (Wildman–Crippen LogP) is 3.00. The highest BCUT2D eigenvalue weighted by Crippen LogP contribution is 2.12. The minimum absolute atomic E-state index is 0.629. The first kappa shape index (κ1) is 14.8. The summed E-state index contributed by atoms with van der Waals surface area (Å²) in [7, 11) is 0. The van der Waals surface area contributed by atoms with Crippen molar-refractivity contribution in [2.24, 2.45) is 5.73 Å². The van der Waals surface area contributed by atoms with Gasteiger partial charge >= 0.3 is 0 Å². The first-order valence-corrected chi connectivity index (χ1v) is 5.41. The van der Waals surface area contributed by atoms with E-state index in [4.69, 9.17) is 5.73 Å². The number of nitrogens with one attached hydrogen (secondary N) is 1. The molecule has 0 aromatic carbocycles. The zero-order valence-corrected chi connectivity index (χ0v) is 9.85. The molecule has 0 aromatic heterocycles. The molecule has 1 rings (SSSR count). The molecule has 0 radical (unpaired) electrons. The second-order valence-electron chi connectivity index (χ2n) is 2.98. The molecule has 1 atom stereocenters. The van der Waals surface area contributed by atoms with Crippen molar-refractivity contribution in [3.05, 3.63) is 11.9 Å². The van der Waals surface area contributed by atoms with Crippen LogP contribution in [0.2, 0.25) is 0 Å². The Morgan fingerprint density at radius 3 is 2.08 bits per heavy atom. The van der Waals surface area contributed by atoms with E-state index in [2.05, 4.69) is 26.1 Å². The van der Waals surface area contributed by atoms with E-state index in [0.29, 0.717) is 6.04 Å². The van der Waals surface area contributed by atoms with Crippen molar-refractivity contribution in [3.8, 4) is 0 Å². The second-order valence-corrected chi connectivity index (χ2v) is 2.98. The molecule has 0 spiro atoms. The Morgan fingerprint density at radius 1 is 1.46 bits per heavy atom. The zero-order valence-electron chi connectivity index (χ0n) is 9.85. The third-order valence-electron chi connectivity index (χ3n) is 1.48. The van der Waals surface area contributed by atoms with E-state index in [1.54, 1.807) is 6.20 Å². The fourth-order valence-electron chi connectivity index (χ4n) is 0.964. The monoisotopic (exact) mass is 186 g/mol. The van der Waals surface area contributed by atoms with Crippen molar-refractivity contribution in [2.75, 3.05) is 0 Å². The van der Waals surface area contributed by atoms with Gasteiger partial charge < -0.3 is 11.1 Å². The Bertz CT molecular complexity index is 119. The van der Waals surface area contributed by atoms with Crippen molar-refractivity contribution in [2.45, 2.75) is 59.9 Å². The summed E-state index contributed by atoms with van der Waals surface area (Å²) in [5, 5.41) is 3.24. The average molecular weight is 186 g/mol. The topological polar surface area (TPSA) is 38.0 Å². The van der Waals surface area contributed by atoms with Crippen molar-refractivity contribution in [1.82, 2.24) is 5.32 Å². The second kappa shape index (κ2) is 11.3. The molecule has 0 amide bonds. The van der Waals surface area contributed by atoms with E-state index >= 15 is 0 Å². The molecule has 2 nitrogen and oxygen atoms in total. The molecular weight excluding hydrogens is 160 g/mol. The molecule has 1 aliphatic heterocycles. The molecule has 2 heteroatoms. The van der Waals surface area contributed by atoms with Crippen LogP contribution in [0.25, 0.3) is 0 Å². The van der Waals surface area contributed by atoms with Gasteiger partial charge in [-0.3, -0.25) is 0 Å². The summed E-state index contributed by atoms with van der Waals surface area (Å²) in [6.45, 7) is 10.4. The van der Waals surface area contributed by atoms with E-state index in [9.17, 15) is 0 Å². The highest BCUT2D eigenvalue weighted by atomic mass is 15.0. The molecule has 1 unspecified atom stereocenters. The van der Waals surface area contributed by atoms with Gasteiger partial charge in [0.1, 0.15) is 0 Å². The van der Waals surface area contributed by atoms with Gasteiger partial charge in [0.15, 0.2) is 0 Å². The van der Waals surface area contributed by atoms with E-state index in [-0.39, 0.29) is 0 Å². The number of allylic oxidation sites excluding steroid dienone is 1. The van der Waals surface area contributed by atoms with Crippen LogP contribution in [0.1, 0.15) is 53.9 Å². The van der Waals surface area contributed by atoms with Gasteiger partial charge in [0.2, 0.25) is 0 Å². The van der Waals surface area contributed by atoms with E-state index in [1.165, 1.54) is 18.5 Å². The molecule has 0 aliphatic carbocycles. The quantitative estimate of drug-likeness (QED) is 0.610. The molecule has 0 bridgehead atoms. The largest absolute Gasteiger partial charge is 0.403 e. The summed E-state index contributed by atoms with van der Waals surface area (Å²) in [5.74, 6) is 0. The van der Waals surface area contributed by atoms with Crippen LogP contribution in [0.4, 0.5) is 0 Å². The Kier molecular flexibility index (Phi) is 12.9. The molecule has 3 N–H and O–H groups in total. The first-order chi connectivity index (χ1) is 6.24. The highest BCUT2D eigenvalue weighted by Gasteiger charge is 2.11. The van der Waals surface area contributed by atoms with Gasteiger partial charge in [0.25, 0.3) is 0 Å². The molecule has 1 saturated heterocycles. The molecule has 0 aromatic rings. The maximum absolute atomic E-state index is 5.27. The minimum Gasteiger partial charge on any atom is -0.403 e. The fraction of sp³-hybridized carbons (Fsp3) is 0.818. The Morgan fingerprint density at radius 2 is 1.92 bits per heavy atom. The van der Waals surface area contributed by atoms with Gasteiger partial charge in [0.05, 0.1) is 0 Å². The summed E-state index contributed by atoms with van der Waals surface area (Å²) in [6, 6.07) is 0.629. The third-order valence-corrected chi connectivity index (χ3v) is 1.48. The van der Waals surface area contributed by atoms with Crippen LogP contribution in [-0.4, -0.2) is 6.04 Å². The van der Waals surface area contributed by atoms with Gasteiger partial charge in [-0.05, 0) is 19.8 Å². The van der Waals surface area contributed by atoms with E-state index in [1.807, 2.05) is 13.8 Å². The van der Waals surface area contributed by atoms with Crippen molar-refractivity contribution < 1.29 is 0 Å². The Balaban J connectivity index is 0. The number of hydrogen-bond donors (Lipinski definition) is 2. The van der Waals surface area contributed by atoms with Crippen molar-refractivity contribution in [1.29, 1.82) is 0 Å². The van der Waals surface area contributed by atoms with Crippen molar-refractivity contribution in [3.63, 3.8) is 0 Å². The van der Waals surface area contributed by atoms with Crippen LogP contribution in [0.3, 0.4) is 0 Å². The van der Waals surface area contributed by atoms with E-state index < -0.39 is 0 Å². The summed E-state index contributed by atoms with van der Waals surface area (Å²) < 4.78 is 0. The van der Waals surface area contributed by atoms with Gasteiger partial charge in [-0.25, -0.2) is 0 Å². The van der Waals surface area contributed by atoms with Crippen LogP contribution in [0.15, 0.2) is 11.9 Å². The van der Waals surface area contributed by atoms with Gasteiger partial charge in [-0.15, -0.1) is 0 Å². The van der Waals surface area contributed by atoms with Gasteiger partial charge in [-0.2, -0.15) is 0 Å². The summed E-state index contributed by atoms with van der Waals surface area (Å²) in [5.41, 5.74) is 6.46. The lowest BCUT2D eigenvalue weighted by Crippen LogP contribution is -2.15. The SMILES string of the molecule is CC.CC1CC/C(=C/N)N1.CCC. The van der Waals surface area contributed by atoms with E-state index in [0.717, 1.165) is 6.42 Å². The van der Waals surface area contributed by atoms with Crippen LogP contribution in [-0.2, 0) is 0 Å². The van der Waals surface area contributed by atoms with Crippen LogP contribution < -0.4 is 11.1 Å².